The summed E-state index contributed by atoms with van der Waals surface area (Å²) < 4.78 is 5.32. The van der Waals surface area contributed by atoms with Crippen LogP contribution in [0, 0.1) is 5.92 Å². The van der Waals surface area contributed by atoms with E-state index in [1.807, 2.05) is 0 Å². The maximum Gasteiger partial charge on any atom is 0.223 e. The third kappa shape index (κ3) is 4.23. The number of hydrogen-bond donors (Lipinski definition) is 2. The van der Waals surface area contributed by atoms with Gasteiger partial charge in [0.1, 0.15) is 0 Å². The first-order valence-corrected chi connectivity index (χ1v) is 7.07. The van der Waals surface area contributed by atoms with E-state index in [0.717, 1.165) is 58.8 Å². The highest BCUT2D eigenvalue weighted by Gasteiger charge is 2.22. The molecule has 2 heterocycles. The number of nitrogens with zero attached hydrogens (tertiary/aromatic N) is 1. The van der Waals surface area contributed by atoms with Crippen molar-refractivity contribution >= 4 is 5.91 Å². The molecule has 5 nitrogen and oxygen atoms in total. The lowest BCUT2D eigenvalue weighted by Gasteiger charge is -2.30. The van der Waals surface area contributed by atoms with Gasteiger partial charge in [0.15, 0.2) is 0 Å². The second-order valence-corrected chi connectivity index (χ2v) is 5.35. The molecule has 1 atom stereocenters. The van der Waals surface area contributed by atoms with Crippen LogP contribution in [0.3, 0.4) is 0 Å². The number of amides is 1. The summed E-state index contributed by atoms with van der Waals surface area (Å²) in [6.07, 6.45) is 1.94. The Balaban J connectivity index is 1.68. The van der Waals surface area contributed by atoms with E-state index in [0.29, 0.717) is 0 Å². The standard InChI is InChI=1S/C13H25N3O2/c1-11(10-16-6-8-18-9-7-16)15-13(17)12-2-4-14-5-3-12/h11-12,14H,2-10H2,1H3,(H,15,17). The lowest BCUT2D eigenvalue weighted by Crippen LogP contribution is -2.48. The lowest BCUT2D eigenvalue weighted by molar-refractivity contribution is -0.126. The van der Waals surface area contributed by atoms with Crippen molar-refractivity contribution in [1.29, 1.82) is 0 Å². The number of rotatable bonds is 4. The second kappa shape index (κ2) is 7.07. The summed E-state index contributed by atoms with van der Waals surface area (Å²) in [5.74, 6) is 0.440. The summed E-state index contributed by atoms with van der Waals surface area (Å²) >= 11 is 0. The predicted octanol–water partition coefficient (Wildman–Crippen LogP) is -0.177. The van der Waals surface area contributed by atoms with Gasteiger partial charge in [-0.1, -0.05) is 0 Å². The summed E-state index contributed by atoms with van der Waals surface area (Å²) in [6.45, 7) is 8.55. The predicted molar refractivity (Wildman–Crippen MR) is 70.5 cm³/mol. The Bertz CT molecular complexity index is 261. The average molecular weight is 255 g/mol. The van der Waals surface area contributed by atoms with Gasteiger partial charge < -0.3 is 15.4 Å². The summed E-state index contributed by atoms with van der Waals surface area (Å²) in [5.41, 5.74) is 0. The molecule has 0 spiro atoms. The van der Waals surface area contributed by atoms with E-state index in [2.05, 4.69) is 22.5 Å². The Kier molecular flexibility index (Phi) is 5.41. The Labute approximate surface area is 109 Å². The maximum absolute atomic E-state index is 12.1. The van der Waals surface area contributed by atoms with Crippen molar-refractivity contribution in [3.63, 3.8) is 0 Å². The summed E-state index contributed by atoms with van der Waals surface area (Å²) in [6, 6.07) is 0.227. The van der Waals surface area contributed by atoms with Crippen LogP contribution in [0.25, 0.3) is 0 Å². The van der Waals surface area contributed by atoms with Gasteiger partial charge in [0.05, 0.1) is 13.2 Å². The van der Waals surface area contributed by atoms with Gasteiger partial charge in [-0.2, -0.15) is 0 Å². The van der Waals surface area contributed by atoms with Gasteiger partial charge in [-0.05, 0) is 32.9 Å². The molecule has 0 aliphatic carbocycles. The molecule has 0 bridgehead atoms. The molecule has 104 valence electrons. The van der Waals surface area contributed by atoms with Crippen molar-refractivity contribution in [2.75, 3.05) is 45.9 Å². The average Bonchev–Trinajstić information content (AvgIpc) is 2.40. The molecule has 18 heavy (non-hydrogen) atoms. The van der Waals surface area contributed by atoms with Gasteiger partial charge >= 0.3 is 0 Å². The highest BCUT2D eigenvalue weighted by Crippen LogP contribution is 2.11. The lowest BCUT2D eigenvalue weighted by atomic mass is 9.97. The van der Waals surface area contributed by atoms with Crippen molar-refractivity contribution in [3.05, 3.63) is 0 Å². The zero-order chi connectivity index (χ0) is 12.8. The molecule has 1 amide bonds. The van der Waals surface area contributed by atoms with Crippen molar-refractivity contribution in [2.45, 2.75) is 25.8 Å². The fourth-order valence-corrected chi connectivity index (χ4v) is 2.66. The Hall–Kier alpha value is -0.650. The Morgan fingerprint density at radius 2 is 2.06 bits per heavy atom. The topological polar surface area (TPSA) is 53.6 Å². The third-order valence-electron chi connectivity index (χ3n) is 3.73. The molecule has 2 N–H and O–H groups in total. The van der Waals surface area contributed by atoms with E-state index in [9.17, 15) is 4.79 Å². The fraction of sp³-hybridized carbons (Fsp3) is 0.923. The van der Waals surface area contributed by atoms with E-state index in [1.54, 1.807) is 0 Å². The van der Waals surface area contributed by atoms with E-state index < -0.39 is 0 Å². The number of carbonyl (C=O) groups excluding carboxylic acids is 1. The highest BCUT2D eigenvalue weighted by molar-refractivity contribution is 5.79. The van der Waals surface area contributed by atoms with Gasteiger partial charge in [-0.25, -0.2) is 0 Å². The molecule has 0 aromatic rings. The molecule has 0 radical (unpaired) electrons. The van der Waals surface area contributed by atoms with Crippen molar-refractivity contribution in [2.24, 2.45) is 5.92 Å². The van der Waals surface area contributed by atoms with Gasteiger partial charge in [0, 0.05) is 31.6 Å². The molecule has 0 aromatic carbocycles. The van der Waals surface area contributed by atoms with Gasteiger partial charge in [-0.15, -0.1) is 0 Å². The molecule has 0 saturated carbocycles. The number of ether oxygens (including phenoxy) is 1. The van der Waals surface area contributed by atoms with Crippen LogP contribution in [-0.2, 0) is 9.53 Å². The highest BCUT2D eigenvalue weighted by atomic mass is 16.5. The number of hydrogen-bond acceptors (Lipinski definition) is 4. The van der Waals surface area contributed by atoms with Crippen LogP contribution < -0.4 is 10.6 Å². The summed E-state index contributed by atoms with van der Waals surface area (Å²) in [4.78, 5) is 14.4. The Morgan fingerprint density at radius 3 is 2.72 bits per heavy atom. The molecule has 1 unspecified atom stereocenters. The van der Waals surface area contributed by atoms with Crippen LogP contribution in [-0.4, -0.2) is 62.8 Å². The Morgan fingerprint density at radius 1 is 1.39 bits per heavy atom. The van der Waals surface area contributed by atoms with Gasteiger partial charge in [-0.3, -0.25) is 9.69 Å². The molecule has 2 fully saturated rings. The maximum atomic E-state index is 12.1. The van der Waals surface area contributed by atoms with E-state index in [4.69, 9.17) is 4.74 Å². The van der Waals surface area contributed by atoms with Gasteiger partial charge in [0.2, 0.25) is 5.91 Å². The molecular formula is C13H25N3O2. The minimum absolute atomic E-state index is 0.207. The van der Waals surface area contributed by atoms with Gasteiger partial charge in [0.25, 0.3) is 0 Å². The molecule has 2 aliphatic rings. The van der Waals surface area contributed by atoms with Crippen molar-refractivity contribution in [3.8, 4) is 0 Å². The number of nitrogens with one attached hydrogen (secondary N) is 2. The normalized spacial score (nSPS) is 24.7. The second-order valence-electron chi connectivity index (χ2n) is 5.35. The van der Waals surface area contributed by atoms with E-state index in [-0.39, 0.29) is 17.9 Å². The molecule has 2 saturated heterocycles. The third-order valence-corrected chi connectivity index (χ3v) is 3.73. The monoisotopic (exact) mass is 255 g/mol. The minimum atomic E-state index is 0.207. The number of morpholine rings is 1. The molecule has 2 aliphatic heterocycles. The summed E-state index contributed by atoms with van der Waals surface area (Å²) in [5, 5.41) is 6.43. The van der Waals surface area contributed by atoms with E-state index >= 15 is 0 Å². The summed E-state index contributed by atoms with van der Waals surface area (Å²) in [7, 11) is 0. The smallest absolute Gasteiger partial charge is 0.223 e. The molecule has 0 aromatic heterocycles. The van der Waals surface area contributed by atoms with Crippen LogP contribution in [0.15, 0.2) is 0 Å². The van der Waals surface area contributed by atoms with Crippen LogP contribution in [0.4, 0.5) is 0 Å². The van der Waals surface area contributed by atoms with E-state index in [1.165, 1.54) is 0 Å². The minimum Gasteiger partial charge on any atom is -0.379 e. The van der Waals surface area contributed by atoms with Crippen molar-refractivity contribution < 1.29 is 9.53 Å². The van der Waals surface area contributed by atoms with Crippen LogP contribution in [0.5, 0.6) is 0 Å². The molecule has 5 heteroatoms. The molecular weight excluding hydrogens is 230 g/mol. The quantitative estimate of drug-likeness (QED) is 0.732. The first kappa shape index (κ1) is 13.8. The SMILES string of the molecule is CC(CN1CCOCC1)NC(=O)C1CCNCC1. The largest absolute Gasteiger partial charge is 0.379 e. The number of piperidine rings is 1. The first-order chi connectivity index (χ1) is 8.75. The first-order valence-electron chi connectivity index (χ1n) is 7.07. The van der Waals surface area contributed by atoms with Crippen LogP contribution in [0.2, 0.25) is 0 Å². The van der Waals surface area contributed by atoms with Crippen molar-refractivity contribution in [1.82, 2.24) is 15.5 Å². The number of carbonyl (C=O) groups is 1. The van der Waals surface area contributed by atoms with Crippen LogP contribution >= 0.6 is 0 Å². The van der Waals surface area contributed by atoms with Crippen LogP contribution in [0.1, 0.15) is 19.8 Å². The molecule has 2 rings (SSSR count). The zero-order valence-corrected chi connectivity index (χ0v) is 11.3. The zero-order valence-electron chi connectivity index (χ0n) is 11.3. The fourth-order valence-electron chi connectivity index (χ4n) is 2.66.